The van der Waals surface area contributed by atoms with Gasteiger partial charge in [-0.2, -0.15) is 15.8 Å². The van der Waals surface area contributed by atoms with Gasteiger partial charge in [0.2, 0.25) is 5.69 Å². The zero-order valence-electron chi connectivity index (χ0n) is 31.4. The molecule has 0 unspecified atom stereocenters. The summed E-state index contributed by atoms with van der Waals surface area (Å²) in [4.78, 5) is 4.00. The van der Waals surface area contributed by atoms with Gasteiger partial charge in [-0.3, -0.25) is 0 Å². The standard InChI is InChI=1S/C52H24N6O2/c1-56-40-21-20-30(39(28-55)52(40)58-41-14-6-2-10-31(41)36-25-48-37(24-44(36)58)32-11-4-8-16-45(32)60-48)33-19-18-29(26-53)38(27-54)51(33)57-42-15-7-3-12-34(42)49-43(57)22-23-47-50(49)35-13-5-9-17-46(35)59-47/h2-25H. The second kappa shape index (κ2) is 12.2. The number of nitriles is 3. The topological polar surface area (TPSA) is 112 Å². The molecule has 0 atom stereocenters. The van der Waals surface area contributed by atoms with Crippen molar-refractivity contribution in [3.05, 3.63) is 174 Å². The molecule has 4 aromatic heterocycles. The fourth-order valence-electron chi connectivity index (χ4n) is 9.42. The van der Waals surface area contributed by atoms with Gasteiger partial charge in [0.25, 0.3) is 0 Å². The highest BCUT2D eigenvalue weighted by molar-refractivity contribution is 6.27. The van der Waals surface area contributed by atoms with Gasteiger partial charge in [-0.1, -0.05) is 91.0 Å². The van der Waals surface area contributed by atoms with Crippen molar-refractivity contribution in [3.8, 4) is 40.7 Å². The molecule has 8 nitrogen and oxygen atoms in total. The van der Waals surface area contributed by atoms with Crippen molar-refractivity contribution < 1.29 is 8.83 Å². The molecule has 12 rings (SSSR count). The lowest BCUT2D eigenvalue weighted by Crippen LogP contribution is -2.05. The van der Waals surface area contributed by atoms with Crippen LogP contribution in [-0.2, 0) is 0 Å². The second-order valence-electron chi connectivity index (χ2n) is 14.8. The van der Waals surface area contributed by atoms with Crippen LogP contribution in [0.1, 0.15) is 16.7 Å². The van der Waals surface area contributed by atoms with Gasteiger partial charge in [0.05, 0.1) is 56.7 Å². The van der Waals surface area contributed by atoms with Gasteiger partial charge in [-0.15, -0.1) is 0 Å². The van der Waals surface area contributed by atoms with E-state index < -0.39 is 0 Å². The van der Waals surface area contributed by atoms with E-state index in [2.05, 4.69) is 35.2 Å². The van der Waals surface area contributed by atoms with Crippen LogP contribution in [0, 0.1) is 40.6 Å². The molecule has 0 aliphatic heterocycles. The molecule has 0 spiro atoms. The molecule has 0 radical (unpaired) electrons. The molecule has 8 heteroatoms. The van der Waals surface area contributed by atoms with Crippen molar-refractivity contribution >= 4 is 93.2 Å². The Morgan fingerprint density at radius 1 is 0.433 bits per heavy atom. The maximum absolute atomic E-state index is 11.4. The first-order chi connectivity index (χ1) is 29.6. The molecule has 12 aromatic rings. The van der Waals surface area contributed by atoms with Crippen molar-refractivity contribution in [1.29, 1.82) is 15.8 Å². The third-order valence-electron chi connectivity index (χ3n) is 11.9. The molecule has 4 heterocycles. The number of hydrogen-bond donors (Lipinski definition) is 0. The minimum atomic E-state index is 0.167. The molecule has 0 bridgehead atoms. The Bertz CT molecular complexity index is 4070. The van der Waals surface area contributed by atoms with Crippen LogP contribution in [-0.4, -0.2) is 9.13 Å². The van der Waals surface area contributed by atoms with Crippen LogP contribution < -0.4 is 0 Å². The highest BCUT2D eigenvalue weighted by Crippen LogP contribution is 2.47. The SMILES string of the molecule is [C-]#[N+]c1ccc(-c2ccc(C#N)c(C#N)c2-n2c3ccccc3c3c4c(ccc32)oc2ccccc24)c(C#N)c1-n1c2ccccc2c2cc3oc4ccccc4c3cc21. The van der Waals surface area contributed by atoms with Crippen molar-refractivity contribution in [2.24, 2.45) is 0 Å². The van der Waals surface area contributed by atoms with E-state index in [1.54, 1.807) is 18.2 Å². The van der Waals surface area contributed by atoms with Crippen LogP contribution in [0.25, 0.3) is 115 Å². The third kappa shape index (κ3) is 4.28. The summed E-state index contributed by atoms with van der Waals surface area (Å²) in [6, 6.07) is 54.0. The summed E-state index contributed by atoms with van der Waals surface area (Å²) in [7, 11) is 0. The fraction of sp³-hybridized carbons (Fsp3) is 0. The summed E-state index contributed by atoms with van der Waals surface area (Å²) in [5.41, 5.74) is 9.11. The molecule has 0 aliphatic rings. The van der Waals surface area contributed by atoms with Gasteiger partial charge in [0.1, 0.15) is 40.5 Å². The number of benzene rings is 8. The molecule has 0 amide bonds. The lowest BCUT2D eigenvalue weighted by Gasteiger charge is -2.20. The molecule has 60 heavy (non-hydrogen) atoms. The van der Waals surface area contributed by atoms with Crippen molar-refractivity contribution in [2.75, 3.05) is 0 Å². The summed E-state index contributed by atoms with van der Waals surface area (Å²) in [6.45, 7) is 8.42. The van der Waals surface area contributed by atoms with E-state index in [-0.39, 0.29) is 22.4 Å². The van der Waals surface area contributed by atoms with E-state index in [1.807, 2.05) is 124 Å². The maximum atomic E-state index is 11.4. The van der Waals surface area contributed by atoms with Crippen LogP contribution in [0.4, 0.5) is 5.69 Å². The van der Waals surface area contributed by atoms with Gasteiger partial charge in [-0.05, 0) is 54.6 Å². The number of furan rings is 2. The largest absolute Gasteiger partial charge is 0.456 e. The van der Waals surface area contributed by atoms with Gasteiger partial charge in [-0.25, -0.2) is 4.85 Å². The normalized spacial score (nSPS) is 11.6. The highest BCUT2D eigenvalue weighted by Gasteiger charge is 2.28. The zero-order valence-corrected chi connectivity index (χ0v) is 31.4. The molecule has 0 aliphatic carbocycles. The summed E-state index contributed by atoms with van der Waals surface area (Å²) in [6.07, 6.45) is 0. The molecule has 8 aromatic carbocycles. The number of rotatable bonds is 3. The number of para-hydroxylation sites is 4. The average Bonchev–Trinajstić information content (AvgIpc) is 4.04. The monoisotopic (exact) mass is 764 g/mol. The molecule has 274 valence electrons. The van der Waals surface area contributed by atoms with Crippen LogP contribution in [0.2, 0.25) is 0 Å². The lowest BCUT2D eigenvalue weighted by molar-refractivity contribution is 0.669. The van der Waals surface area contributed by atoms with Crippen LogP contribution in [0.5, 0.6) is 0 Å². The van der Waals surface area contributed by atoms with Crippen LogP contribution in [0.3, 0.4) is 0 Å². The Kier molecular flexibility index (Phi) is 6.73. The van der Waals surface area contributed by atoms with Crippen molar-refractivity contribution in [2.45, 2.75) is 0 Å². The summed E-state index contributed by atoms with van der Waals surface area (Å²) < 4.78 is 16.7. The Morgan fingerprint density at radius 2 is 1.07 bits per heavy atom. The predicted octanol–water partition coefficient (Wildman–Crippen LogP) is 13.5. The smallest absolute Gasteiger partial charge is 0.211 e. The summed E-state index contributed by atoms with van der Waals surface area (Å²) in [5, 5.41) is 40.3. The van der Waals surface area contributed by atoms with Gasteiger partial charge in [0, 0.05) is 54.2 Å². The number of nitrogens with zero attached hydrogens (tertiary/aromatic N) is 6. The first-order valence-corrected chi connectivity index (χ1v) is 19.2. The first kappa shape index (κ1) is 33.1. The lowest BCUT2D eigenvalue weighted by atomic mass is 9.92. The van der Waals surface area contributed by atoms with E-state index in [4.69, 9.17) is 15.4 Å². The Morgan fingerprint density at radius 3 is 1.82 bits per heavy atom. The fourth-order valence-corrected chi connectivity index (χ4v) is 9.42. The minimum absolute atomic E-state index is 0.167. The van der Waals surface area contributed by atoms with Crippen molar-refractivity contribution in [1.82, 2.24) is 9.13 Å². The van der Waals surface area contributed by atoms with Gasteiger partial charge >= 0.3 is 0 Å². The van der Waals surface area contributed by atoms with Gasteiger partial charge in [0.15, 0.2) is 0 Å². The minimum Gasteiger partial charge on any atom is -0.456 e. The third-order valence-corrected chi connectivity index (χ3v) is 11.9. The Labute approximate surface area is 340 Å². The Balaban J connectivity index is 1.22. The number of aromatic nitrogens is 2. The number of fused-ring (bicyclic) bond motifs is 13. The summed E-state index contributed by atoms with van der Waals surface area (Å²) in [5.74, 6) is 0. The number of hydrogen-bond acceptors (Lipinski definition) is 5. The van der Waals surface area contributed by atoms with E-state index in [0.29, 0.717) is 22.5 Å². The molecule has 0 saturated carbocycles. The molecule has 0 fully saturated rings. The van der Waals surface area contributed by atoms with E-state index in [0.717, 1.165) is 87.5 Å². The van der Waals surface area contributed by atoms with Crippen LogP contribution in [0.15, 0.2) is 154 Å². The maximum Gasteiger partial charge on any atom is 0.211 e. The highest BCUT2D eigenvalue weighted by atomic mass is 16.3. The van der Waals surface area contributed by atoms with Crippen molar-refractivity contribution in [3.63, 3.8) is 0 Å². The zero-order chi connectivity index (χ0) is 40.2. The summed E-state index contributed by atoms with van der Waals surface area (Å²) >= 11 is 0. The average molecular weight is 765 g/mol. The molecular formula is C52H24N6O2. The molecular weight excluding hydrogens is 741 g/mol. The molecule has 0 N–H and O–H groups in total. The predicted molar refractivity (Wildman–Crippen MR) is 236 cm³/mol. The van der Waals surface area contributed by atoms with Gasteiger partial charge < -0.3 is 18.0 Å². The second-order valence-corrected chi connectivity index (χ2v) is 14.8. The first-order valence-electron chi connectivity index (χ1n) is 19.2. The van der Waals surface area contributed by atoms with Crippen LogP contribution >= 0.6 is 0 Å². The van der Waals surface area contributed by atoms with E-state index in [1.165, 1.54) is 0 Å². The van der Waals surface area contributed by atoms with E-state index in [9.17, 15) is 15.8 Å². The quantitative estimate of drug-likeness (QED) is 0.166. The molecule has 0 saturated heterocycles. The van der Waals surface area contributed by atoms with E-state index >= 15 is 0 Å². The Hall–Kier alpha value is -9.08.